The van der Waals surface area contributed by atoms with Gasteiger partial charge in [0.2, 0.25) is 0 Å². The molecule has 2 aromatic heterocycles. The molecule has 0 aliphatic carbocycles. The normalized spacial score (nSPS) is 10.7. The molecule has 22 heavy (non-hydrogen) atoms. The molecule has 0 spiro atoms. The van der Waals surface area contributed by atoms with Crippen LogP contribution in [-0.2, 0) is 0 Å². The van der Waals surface area contributed by atoms with Gasteiger partial charge >= 0.3 is 0 Å². The Morgan fingerprint density at radius 3 is 2.73 bits per heavy atom. The van der Waals surface area contributed by atoms with E-state index in [0.717, 1.165) is 23.0 Å². The fourth-order valence-corrected chi connectivity index (χ4v) is 2.12. The van der Waals surface area contributed by atoms with Gasteiger partial charge in [0, 0.05) is 29.5 Å². The standard InChI is InChI=1S/C16H11F2N3O/c1-9-12(6-10-8-19-5-4-15(10)20-9)16(22)21-11-2-3-13(17)14(18)7-11/h2-8H,1H3,(H,21,22). The second-order valence-electron chi connectivity index (χ2n) is 4.77. The van der Waals surface area contributed by atoms with Gasteiger partial charge in [0.15, 0.2) is 11.6 Å². The number of nitrogens with one attached hydrogen (secondary N) is 1. The van der Waals surface area contributed by atoms with Gasteiger partial charge in [-0.25, -0.2) is 8.78 Å². The summed E-state index contributed by atoms with van der Waals surface area (Å²) in [5.41, 5.74) is 1.80. The zero-order chi connectivity index (χ0) is 15.7. The minimum absolute atomic E-state index is 0.176. The van der Waals surface area contributed by atoms with Gasteiger partial charge in [-0.2, -0.15) is 0 Å². The first-order valence-corrected chi connectivity index (χ1v) is 6.52. The maximum atomic E-state index is 13.2. The highest BCUT2D eigenvalue weighted by molar-refractivity contribution is 6.06. The number of amides is 1. The van der Waals surface area contributed by atoms with Crippen LogP contribution in [0.4, 0.5) is 14.5 Å². The molecule has 0 bridgehead atoms. The summed E-state index contributed by atoms with van der Waals surface area (Å²) in [4.78, 5) is 20.6. The molecule has 0 saturated carbocycles. The van der Waals surface area contributed by atoms with E-state index in [0.29, 0.717) is 11.3 Å². The Morgan fingerprint density at radius 2 is 1.95 bits per heavy atom. The molecule has 3 rings (SSSR count). The van der Waals surface area contributed by atoms with Crippen LogP contribution < -0.4 is 5.32 Å². The number of aryl methyl sites for hydroxylation is 1. The third-order valence-corrected chi connectivity index (χ3v) is 3.23. The van der Waals surface area contributed by atoms with Crippen molar-refractivity contribution >= 4 is 22.5 Å². The molecule has 0 aliphatic rings. The molecule has 0 aliphatic heterocycles. The van der Waals surface area contributed by atoms with Crippen LogP contribution in [0.3, 0.4) is 0 Å². The van der Waals surface area contributed by atoms with Gasteiger partial charge in [-0.3, -0.25) is 14.8 Å². The highest BCUT2D eigenvalue weighted by atomic mass is 19.2. The summed E-state index contributed by atoms with van der Waals surface area (Å²) in [7, 11) is 0. The summed E-state index contributed by atoms with van der Waals surface area (Å²) < 4.78 is 26.1. The molecule has 0 saturated heterocycles. The molecule has 2 heterocycles. The van der Waals surface area contributed by atoms with Crippen molar-refractivity contribution < 1.29 is 13.6 Å². The Bertz CT molecular complexity index is 880. The van der Waals surface area contributed by atoms with Crippen LogP contribution in [0.25, 0.3) is 10.9 Å². The van der Waals surface area contributed by atoms with Crippen LogP contribution in [0.1, 0.15) is 16.1 Å². The quantitative estimate of drug-likeness (QED) is 0.788. The maximum absolute atomic E-state index is 13.2. The van der Waals surface area contributed by atoms with Gasteiger partial charge in [0.1, 0.15) is 0 Å². The Kier molecular flexibility index (Phi) is 3.50. The first-order chi connectivity index (χ1) is 10.5. The number of pyridine rings is 2. The SMILES string of the molecule is Cc1nc2ccncc2cc1C(=O)Nc1ccc(F)c(F)c1. The molecule has 3 aromatic rings. The molecule has 110 valence electrons. The Balaban J connectivity index is 1.94. The molecule has 1 aromatic carbocycles. The fraction of sp³-hybridized carbons (Fsp3) is 0.0625. The first kappa shape index (κ1) is 14.1. The maximum Gasteiger partial charge on any atom is 0.257 e. The largest absolute Gasteiger partial charge is 0.322 e. The number of anilines is 1. The highest BCUT2D eigenvalue weighted by Gasteiger charge is 2.13. The minimum atomic E-state index is -1.02. The van der Waals surface area contributed by atoms with Crippen LogP contribution in [0, 0.1) is 18.6 Å². The van der Waals surface area contributed by atoms with Crippen molar-refractivity contribution in [3.05, 3.63) is 65.6 Å². The van der Waals surface area contributed by atoms with Crippen molar-refractivity contribution in [2.75, 3.05) is 5.32 Å². The Hall–Kier alpha value is -2.89. The van der Waals surface area contributed by atoms with Crippen molar-refractivity contribution in [2.45, 2.75) is 6.92 Å². The van der Waals surface area contributed by atoms with Gasteiger partial charge in [-0.15, -0.1) is 0 Å². The topological polar surface area (TPSA) is 54.9 Å². The molecule has 0 unspecified atom stereocenters. The van der Waals surface area contributed by atoms with E-state index in [9.17, 15) is 13.6 Å². The van der Waals surface area contributed by atoms with Gasteiger partial charge in [0.05, 0.1) is 16.8 Å². The van der Waals surface area contributed by atoms with Crippen LogP contribution in [0.5, 0.6) is 0 Å². The van der Waals surface area contributed by atoms with E-state index in [4.69, 9.17) is 0 Å². The lowest BCUT2D eigenvalue weighted by atomic mass is 10.1. The average Bonchev–Trinajstić information content (AvgIpc) is 2.50. The van der Waals surface area contributed by atoms with Crippen LogP contribution in [0.15, 0.2) is 42.7 Å². The van der Waals surface area contributed by atoms with Crippen molar-refractivity contribution in [1.82, 2.24) is 9.97 Å². The number of halogens is 2. The predicted molar refractivity (Wildman–Crippen MR) is 78.6 cm³/mol. The van der Waals surface area contributed by atoms with Crippen molar-refractivity contribution in [3.8, 4) is 0 Å². The number of hydrogen-bond acceptors (Lipinski definition) is 3. The molecule has 4 nitrogen and oxygen atoms in total. The minimum Gasteiger partial charge on any atom is -0.322 e. The van der Waals surface area contributed by atoms with Crippen LogP contribution in [0.2, 0.25) is 0 Å². The Morgan fingerprint density at radius 1 is 1.14 bits per heavy atom. The number of nitrogens with zero attached hydrogens (tertiary/aromatic N) is 2. The number of rotatable bonds is 2. The summed E-state index contributed by atoms with van der Waals surface area (Å²) in [5, 5.41) is 3.25. The van der Waals surface area contributed by atoms with E-state index >= 15 is 0 Å². The lowest BCUT2D eigenvalue weighted by Gasteiger charge is -2.09. The van der Waals surface area contributed by atoms with Gasteiger partial charge < -0.3 is 5.32 Å². The summed E-state index contributed by atoms with van der Waals surface area (Å²) >= 11 is 0. The van der Waals surface area contributed by atoms with Crippen LogP contribution >= 0.6 is 0 Å². The molecular weight excluding hydrogens is 288 g/mol. The average molecular weight is 299 g/mol. The molecule has 0 atom stereocenters. The van der Waals surface area contributed by atoms with E-state index in [1.807, 2.05) is 0 Å². The molecule has 0 fully saturated rings. The van der Waals surface area contributed by atoms with Gasteiger partial charge in [0.25, 0.3) is 5.91 Å². The Labute approximate surface area is 124 Å². The number of hydrogen-bond donors (Lipinski definition) is 1. The van der Waals surface area contributed by atoms with Crippen LogP contribution in [-0.4, -0.2) is 15.9 Å². The highest BCUT2D eigenvalue weighted by Crippen LogP contribution is 2.18. The van der Waals surface area contributed by atoms with E-state index in [1.165, 1.54) is 6.07 Å². The zero-order valence-corrected chi connectivity index (χ0v) is 11.6. The van der Waals surface area contributed by atoms with Crippen molar-refractivity contribution in [2.24, 2.45) is 0 Å². The van der Waals surface area contributed by atoms with E-state index in [1.54, 1.807) is 31.5 Å². The number of carbonyl (C=O) groups is 1. The van der Waals surface area contributed by atoms with Gasteiger partial charge in [-0.05, 0) is 31.2 Å². The monoisotopic (exact) mass is 299 g/mol. The summed E-state index contributed by atoms with van der Waals surface area (Å²) in [5.74, 6) is -2.43. The van der Waals surface area contributed by atoms with Crippen molar-refractivity contribution in [1.29, 1.82) is 0 Å². The second-order valence-corrected chi connectivity index (χ2v) is 4.77. The molecule has 1 amide bonds. The third kappa shape index (κ3) is 2.63. The lowest BCUT2D eigenvalue weighted by molar-refractivity contribution is 0.102. The summed E-state index contributed by atoms with van der Waals surface area (Å²) in [6.45, 7) is 1.71. The molecule has 6 heteroatoms. The second kappa shape index (κ2) is 5.48. The van der Waals surface area contributed by atoms with E-state index in [-0.39, 0.29) is 5.69 Å². The number of benzene rings is 1. The third-order valence-electron chi connectivity index (χ3n) is 3.23. The summed E-state index contributed by atoms with van der Waals surface area (Å²) in [6.07, 6.45) is 3.23. The van der Waals surface area contributed by atoms with Gasteiger partial charge in [-0.1, -0.05) is 0 Å². The fourth-order valence-electron chi connectivity index (χ4n) is 2.12. The van der Waals surface area contributed by atoms with Crippen molar-refractivity contribution in [3.63, 3.8) is 0 Å². The molecule has 1 N–H and O–H groups in total. The smallest absolute Gasteiger partial charge is 0.257 e. The first-order valence-electron chi connectivity index (χ1n) is 6.52. The van der Waals surface area contributed by atoms with E-state index in [2.05, 4.69) is 15.3 Å². The zero-order valence-electron chi connectivity index (χ0n) is 11.6. The molecular formula is C16H11F2N3O. The number of fused-ring (bicyclic) bond motifs is 1. The molecule has 0 radical (unpaired) electrons. The number of carbonyl (C=O) groups excluding carboxylic acids is 1. The number of aromatic nitrogens is 2. The summed E-state index contributed by atoms with van der Waals surface area (Å²) in [6, 6.07) is 6.60. The lowest BCUT2D eigenvalue weighted by Crippen LogP contribution is -2.14. The predicted octanol–water partition coefficient (Wildman–Crippen LogP) is 3.47. The van der Waals surface area contributed by atoms with E-state index < -0.39 is 17.5 Å².